The van der Waals surface area contributed by atoms with E-state index >= 15 is 0 Å². The van der Waals surface area contributed by atoms with Gasteiger partial charge in [0.15, 0.2) is 6.04 Å². The van der Waals surface area contributed by atoms with Gasteiger partial charge >= 0.3 is 0 Å². The number of aromatic amines is 1. The number of nitrogens with one attached hydrogen (secondary N) is 3. The number of morpholine rings is 1. The molecule has 0 saturated carbocycles. The number of nitrogens with zero attached hydrogens (tertiary/aromatic N) is 1. The van der Waals surface area contributed by atoms with Crippen LogP contribution >= 0.6 is 15.9 Å². The van der Waals surface area contributed by atoms with Crippen LogP contribution in [0.15, 0.2) is 52.2 Å². The van der Waals surface area contributed by atoms with Gasteiger partial charge in [-0.05, 0) is 28.9 Å². The maximum absolute atomic E-state index is 12.2. The zero-order valence-electron chi connectivity index (χ0n) is 14.1. The van der Waals surface area contributed by atoms with Crippen LogP contribution in [-0.4, -0.2) is 42.9 Å². The van der Waals surface area contributed by atoms with Gasteiger partial charge < -0.3 is 14.6 Å². The molecule has 1 amide bonds. The summed E-state index contributed by atoms with van der Waals surface area (Å²) in [4.78, 5) is 16.5. The molecule has 25 heavy (non-hydrogen) atoms. The summed E-state index contributed by atoms with van der Waals surface area (Å²) in [5.74, 6) is -0.256. The van der Waals surface area contributed by atoms with Crippen molar-refractivity contribution in [3.05, 3.63) is 58.3 Å². The second-order valence-electron chi connectivity index (χ2n) is 6.04. The van der Waals surface area contributed by atoms with E-state index in [1.807, 2.05) is 25.1 Å². The van der Waals surface area contributed by atoms with Crippen molar-refractivity contribution in [1.29, 1.82) is 0 Å². The summed E-state index contributed by atoms with van der Waals surface area (Å²) >= 11 is 3.32. The Labute approximate surface area is 155 Å². The van der Waals surface area contributed by atoms with Gasteiger partial charge in [-0.1, -0.05) is 30.3 Å². The van der Waals surface area contributed by atoms with Crippen molar-refractivity contribution in [3.63, 3.8) is 0 Å². The molecule has 2 heterocycles. The molecule has 1 saturated heterocycles. The molecule has 6 nitrogen and oxygen atoms in total. The number of aromatic nitrogens is 1. The summed E-state index contributed by atoms with van der Waals surface area (Å²) in [6.45, 7) is 5.29. The number of hydrazone groups is 1. The van der Waals surface area contributed by atoms with Crippen LogP contribution in [-0.2, 0) is 4.74 Å². The summed E-state index contributed by atoms with van der Waals surface area (Å²) in [7, 11) is 0. The van der Waals surface area contributed by atoms with Crippen LogP contribution in [0.5, 0.6) is 0 Å². The Bertz CT molecular complexity index is 739. The van der Waals surface area contributed by atoms with Crippen molar-refractivity contribution in [2.45, 2.75) is 13.0 Å². The fraction of sp³-hybridized carbons (Fsp3) is 0.333. The first-order chi connectivity index (χ1) is 12.1. The minimum Gasteiger partial charge on any atom is -0.370 e. The van der Waals surface area contributed by atoms with E-state index in [2.05, 4.69) is 43.6 Å². The van der Waals surface area contributed by atoms with E-state index in [9.17, 15) is 4.79 Å². The standard InChI is InChI=1S/C18H21BrN4O2/c1-13(21-22-18(24)16-11-15(19)12-20-16)17(14-5-3-2-4-6-14)23-7-9-25-10-8-23/h2-6,11-12,17,20H,7-10H2,1H3,(H,22,24)/p+1/b21-13-/t17-/m0/s1. The van der Waals surface area contributed by atoms with Crippen molar-refractivity contribution in [3.8, 4) is 0 Å². The number of hydrogen-bond donors (Lipinski definition) is 3. The second kappa shape index (κ2) is 8.42. The number of amides is 1. The minimum absolute atomic E-state index is 0.0979. The van der Waals surface area contributed by atoms with E-state index in [0.717, 1.165) is 36.5 Å². The Balaban J connectivity index is 1.78. The molecule has 3 rings (SSSR count). The summed E-state index contributed by atoms with van der Waals surface area (Å²) in [6.07, 6.45) is 1.72. The molecule has 1 fully saturated rings. The average molecular weight is 406 g/mol. The van der Waals surface area contributed by atoms with Crippen LogP contribution in [0, 0.1) is 0 Å². The monoisotopic (exact) mass is 405 g/mol. The highest BCUT2D eigenvalue weighted by Crippen LogP contribution is 2.13. The first-order valence-electron chi connectivity index (χ1n) is 8.31. The van der Waals surface area contributed by atoms with E-state index in [4.69, 9.17) is 4.74 Å². The first-order valence-corrected chi connectivity index (χ1v) is 9.10. The summed E-state index contributed by atoms with van der Waals surface area (Å²) < 4.78 is 6.32. The number of halogens is 1. The molecule has 0 radical (unpaired) electrons. The maximum Gasteiger partial charge on any atom is 0.287 e. The van der Waals surface area contributed by atoms with Gasteiger partial charge in [-0.3, -0.25) is 4.79 Å². The predicted octanol–water partition coefficient (Wildman–Crippen LogP) is 1.54. The molecule has 1 aliphatic rings. The molecule has 7 heteroatoms. The van der Waals surface area contributed by atoms with Gasteiger partial charge in [0.05, 0.1) is 18.9 Å². The number of carbonyl (C=O) groups excluding carboxylic acids is 1. The quantitative estimate of drug-likeness (QED) is 0.521. The smallest absolute Gasteiger partial charge is 0.287 e. The Morgan fingerprint density at radius 3 is 2.68 bits per heavy atom. The number of carbonyl (C=O) groups is 1. The number of hydrogen-bond acceptors (Lipinski definition) is 3. The first kappa shape index (κ1) is 17.8. The summed E-state index contributed by atoms with van der Waals surface area (Å²) in [5.41, 5.74) is 5.19. The van der Waals surface area contributed by atoms with Crippen LogP contribution in [0.1, 0.15) is 29.0 Å². The van der Waals surface area contributed by atoms with Gasteiger partial charge in [0.25, 0.3) is 5.91 Å². The molecule has 2 aromatic rings. The Kier molecular flexibility index (Phi) is 6.01. The normalized spacial score (nSPS) is 17.3. The van der Waals surface area contributed by atoms with Gasteiger partial charge in [-0.2, -0.15) is 5.10 Å². The molecule has 0 aliphatic carbocycles. The van der Waals surface area contributed by atoms with E-state index in [0.29, 0.717) is 5.69 Å². The molecule has 1 aromatic heterocycles. The molecule has 1 aromatic carbocycles. The van der Waals surface area contributed by atoms with Crippen LogP contribution < -0.4 is 10.3 Å². The highest BCUT2D eigenvalue weighted by Gasteiger charge is 2.29. The molecule has 1 aliphatic heterocycles. The molecule has 132 valence electrons. The number of benzene rings is 1. The van der Waals surface area contributed by atoms with Crippen LogP contribution in [0.25, 0.3) is 0 Å². The molecular weight excluding hydrogens is 384 g/mol. The van der Waals surface area contributed by atoms with Gasteiger partial charge in [0, 0.05) is 16.2 Å². The third-order valence-electron chi connectivity index (χ3n) is 4.32. The topological polar surface area (TPSA) is 70.9 Å². The van der Waals surface area contributed by atoms with Crippen molar-refractivity contribution in [2.75, 3.05) is 26.3 Å². The zero-order valence-corrected chi connectivity index (χ0v) is 15.7. The Morgan fingerprint density at radius 2 is 2.04 bits per heavy atom. The fourth-order valence-electron chi connectivity index (χ4n) is 3.10. The third-order valence-corrected chi connectivity index (χ3v) is 4.78. The van der Waals surface area contributed by atoms with Crippen LogP contribution in [0.2, 0.25) is 0 Å². The lowest BCUT2D eigenvalue weighted by Gasteiger charge is -2.31. The molecule has 0 unspecified atom stereocenters. The zero-order chi connectivity index (χ0) is 17.6. The van der Waals surface area contributed by atoms with Gasteiger partial charge in [0.2, 0.25) is 0 Å². The lowest BCUT2D eigenvalue weighted by atomic mass is 10.0. The summed E-state index contributed by atoms with van der Waals surface area (Å²) in [5, 5.41) is 4.38. The van der Waals surface area contributed by atoms with E-state index < -0.39 is 0 Å². The number of rotatable bonds is 5. The lowest BCUT2D eigenvalue weighted by molar-refractivity contribution is -0.928. The highest BCUT2D eigenvalue weighted by molar-refractivity contribution is 9.10. The average Bonchev–Trinajstić information content (AvgIpc) is 3.08. The molecule has 0 spiro atoms. The molecular formula is C18H22BrN4O2+. The summed E-state index contributed by atoms with van der Waals surface area (Å²) in [6, 6.07) is 12.1. The van der Waals surface area contributed by atoms with Crippen LogP contribution in [0.4, 0.5) is 0 Å². The minimum atomic E-state index is -0.256. The van der Waals surface area contributed by atoms with E-state index in [1.54, 1.807) is 12.3 Å². The highest BCUT2D eigenvalue weighted by atomic mass is 79.9. The van der Waals surface area contributed by atoms with E-state index in [-0.39, 0.29) is 11.9 Å². The lowest BCUT2D eigenvalue weighted by Crippen LogP contribution is -3.15. The van der Waals surface area contributed by atoms with Crippen molar-refractivity contribution in [2.24, 2.45) is 5.10 Å². The third kappa shape index (κ3) is 4.56. The fourth-order valence-corrected chi connectivity index (χ4v) is 3.45. The second-order valence-corrected chi connectivity index (χ2v) is 6.96. The van der Waals surface area contributed by atoms with Crippen molar-refractivity contribution in [1.82, 2.24) is 10.4 Å². The largest absolute Gasteiger partial charge is 0.370 e. The Morgan fingerprint density at radius 1 is 1.32 bits per heavy atom. The predicted molar refractivity (Wildman–Crippen MR) is 99.8 cm³/mol. The molecule has 3 N–H and O–H groups in total. The van der Waals surface area contributed by atoms with Crippen molar-refractivity contribution >= 4 is 27.5 Å². The van der Waals surface area contributed by atoms with Crippen LogP contribution in [0.3, 0.4) is 0 Å². The van der Waals surface area contributed by atoms with Gasteiger partial charge in [-0.15, -0.1) is 0 Å². The van der Waals surface area contributed by atoms with Gasteiger partial charge in [-0.25, -0.2) is 5.43 Å². The van der Waals surface area contributed by atoms with Gasteiger partial charge in [0.1, 0.15) is 18.8 Å². The maximum atomic E-state index is 12.2. The molecule has 1 atom stereocenters. The number of ether oxygens (including phenoxy) is 1. The molecule has 0 bridgehead atoms. The van der Waals surface area contributed by atoms with E-state index in [1.165, 1.54) is 10.5 Å². The van der Waals surface area contributed by atoms with Crippen molar-refractivity contribution < 1.29 is 14.4 Å². The SMILES string of the molecule is C/C(=N/NC(=O)c1cc(Br)c[nH]1)[C@@H](c1ccccc1)[NH+]1CCOCC1. The number of quaternary nitrogens is 1. The Hall–Kier alpha value is -1.96. The number of H-pyrrole nitrogens is 1.